The van der Waals surface area contributed by atoms with Gasteiger partial charge in [-0.05, 0) is 17.0 Å². The summed E-state index contributed by atoms with van der Waals surface area (Å²) in [7, 11) is 0. The largest absolute Gasteiger partial charge is 0.327 e. The van der Waals surface area contributed by atoms with E-state index in [0.29, 0.717) is 15.5 Å². The third kappa shape index (κ3) is 1.86. The molecule has 0 aliphatic carbocycles. The molecular weight excluding hydrogens is 245 g/mol. The van der Waals surface area contributed by atoms with E-state index >= 15 is 0 Å². The van der Waals surface area contributed by atoms with Gasteiger partial charge in [0, 0.05) is 6.54 Å². The number of thiophene rings is 1. The first-order chi connectivity index (χ1) is 7.68. The number of halogens is 2. The summed E-state index contributed by atoms with van der Waals surface area (Å²) < 4.78 is 14.9. The van der Waals surface area contributed by atoms with E-state index in [4.69, 9.17) is 17.3 Å². The maximum atomic E-state index is 14.9. The van der Waals surface area contributed by atoms with Gasteiger partial charge in [-0.1, -0.05) is 41.9 Å². The highest BCUT2D eigenvalue weighted by atomic mass is 35.5. The molecule has 1 nitrogen and oxygen atoms in total. The molecule has 0 aliphatic rings. The van der Waals surface area contributed by atoms with Crippen LogP contribution in [0.1, 0.15) is 10.4 Å². The molecule has 1 heterocycles. The number of rotatable bonds is 3. The molecule has 2 rings (SSSR count). The van der Waals surface area contributed by atoms with Crippen LogP contribution in [0.5, 0.6) is 0 Å². The predicted molar refractivity (Wildman–Crippen MR) is 66.7 cm³/mol. The van der Waals surface area contributed by atoms with Gasteiger partial charge in [-0.2, -0.15) is 0 Å². The molecule has 0 saturated heterocycles. The predicted octanol–water partition coefficient (Wildman–Crippen LogP) is 3.57. The number of benzene rings is 1. The molecule has 0 amide bonds. The van der Waals surface area contributed by atoms with Crippen LogP contribution in [-0.4, -0.2) is 6.54 Å². The molecule has 0 saturated carbocycles. The Labute approximate surface area is 103 Å². The topological polar surface area (TPSA) is 26.0 Å². The van der Waals surface area contributed by atoms with Gasteiger partial charge in [-0.3, -0.25) is 0 Å². The first kappa shape index (κ1) is 11.6. The summed E-state index contributed by atoms with van der Waals surface area (Å²) in [6, 6.07) is 10.6. The Hall–Kier alpha value is -0.900. The summed E-state index contributed by atoms with van der Waals surface area (Å²) in [5.41, 5.74) is 4.43. The molecule has 0 fully saturated rings. The molecule has 0 radical (unpaired) electrons. The summed E-state index contributed by atoms with van der Waals surface area (Å²) in [6.07, 6.45) is 0. The van der Waals surface area contributed by atoms with Crippen molar-refractivity contribution in [1.29, 1.82) is 0 Å². The summed E-state index contributed by atoms with van der Waals surface area (Å²) in [4.78, 5) is 0.475. The van der Waals surface area contributed by atoms with E-state index < -0.39 is 5.67 Å². The van der Waals surface area contributed by atoms with Crippen molar-refractivity contribution in [2.75, 3.05) is 6.54 Å². The van der Waals surface area contributed by atoms with Crippen LogP contribution in [-0.2, 0) is 5.67 Å². The lowest BCUT2D eigenvalue weighted by Crippen LogP contribution is -2.30. The van der Waals surface area contributed by atoms with Gasteiger partial charge >= 0.3 is 0 Å². The molecule has 0 aliphatic heterocycles. The molecule has 0 spiro atoms. The highest BCUT2D eigenvalue weighted by Crippen LogP contribution is 2.40. The number of alkyl halides is 1. The van der Waals surface area contributed by atoms with Crippen LogP contribution in [0.25, 0.3) is 0 Å². The SMILES string of the molecule is NCC(F)(c1ccccc1)c1sccc1Cl. The lowest BCUT2D eigenvalue weighted by Gasteiger charge is -2.23. The lowest BCUT2D eigenvalue weighted by atomic mass is 9.94. The fraction of sp³-hybridized carbons (Fsp3) is 0.167. The second kappa shape index (κ2) is 4.53. The molecule has 1 unspecified atom stereocenters. The second-order valence-electron chi connectivity index (χ2n) is 3.47. The Balaban J connectivity index is 2.53. The van der Waals surface area contributed by atoms with Gasteiger partial charge in [0.25, 0.3) is 0 Å². The van der Waals surface area contributed by atoms with Gasteiger partial charge in [0.15, 0.2) is 5.67 Å². The van der Waals surface area contributed by atoms with Gasteiger partial charge in [-0.25, -0.2) is 4.39 Å². The van der Waals surface area contributed by atoms with Gasteiger partial charge in [0.2, 0.25) is 0 Å². The highest BCUT2D eigenvalue weighted by Gasteiger charge is 2.35. The van der Waals surface area contributed by atoms with Crippen molar-refractivity contribution in [3.63, 3.8) is 0 Å². The zero-order chi connectivity index (χ0) is 11.6. The number of hydrogen-bond acceptors (Lipinski definition) is 2. The summed E-state index contributed by atoms with van der Waals surface area (Å²) in [5.74, 6) is 0. The van der Waals surface area contributed by atoms with Gasteiger partial charge in [0.05, 0.1) is 9.90 Å². The summed E-state index contributed by atoms with van der Waals surface area (Å²) in [5, 5.41) is 2.20. The molecule has 1 aromatic carbocycles. The molecule has 2 aromatic rings. The van der Waals surface area contributed by atoms with Crippen LogP contribution >= 0.6 is 22.9 Å². The Kier molecular flexibility index (Phi) is 3.28. The minimum atomic E-state index is -1.69. The van der Waals surface area contributed by atoms with Crippen molar-refractivity contribution in [2.24, 2.45) is 5.73 Å². The first-order valence-corrected chi connectivity index (χ1v) is 6.12. The fourth-order valence-corrected chi connectivity index (χ4v) is 2.95. The Morgan fingerprint density at radius 2 is 1.94 bits per heavy atom. The van der Waals surface area contributed by atoms with Crippen LogP contribution < -0.4 is 5.73 Å². The van der Waals surface area contributed by atoms with Gasteiger partial charge in [0.1, 0.15) is 0 Å². The van der Waals surface area contributed by atoms with Gasteiger partial charge < -0.3 is 5.73 Å². The number of hydrogen-bond donors (Lipinski definition) is 1. The third-order valence-corrected chi connectivity index (χ3v) is 3.97. The minimum absolute atomic E-state index is 0.114. The summed E-state index contributed by atoms with van der Waals surface area (Å²) >= 11 is 7.26. The van der Waals surface area contributed by atoms with Crippen LogP contribution in [0.2, 0.25) is 5.02 Å². The maximum absolute atomic E-state index is 14.9. The van der Waals surface area contributed by atoms with E-state index in [1.54, 1.807) is 35.7 Å². The molecule has 16 heavy (non-hydrogen) atoms. The lowest BCUT2D eigenvalue weighted by molar-refractivity contribution is 0.238. The molecule has 84 valence electrons. The molecular formula is C12H11ClFNS. The molecule has 2 N–H and O–H groups in total. The zero-order valence-corrected chi connectivity index (χ0v) is 10.1. The quantitative estimate of drug-likeness (QED) is 0.892. The third-order valence-electron chi connectivity index (χ3n) is 2.49. The number of nitrogens with two attached hydrogens (primary N) is 1. The molecule has 1 atom stereocenters. The van der Waals surface area contributed by atoms with Crippen LogP contribution in [0.4, 0.5) is 4.39 Å². The van der Waals surface area contributed by atoms with E-state index in [-0.39, 0.29) is 6.54 Å². The van der Waals surface area contributed by atoms with E-state index in [1.807, 2.05) is 6.07 Å². The van der Waals surface area contributed by atoms with Crippen LogP contribution in [0, 0.1) is 0 Å². The average Bonchev–Trinajstić information content (AvgIpc) is 2.76. The average molecular weight is 256 g/mol. The van der Waals surface area contributed by atoms with Crippen molar-refractivity contribution in [2.45, 2.75) is 5.67 Å². The van der Waals surface area contributed by atoms with Crippen molar-refractivity contribution in [1.82, 2.24) is 0 Å². The Morgan fingerprint density at radius 1 is 1.25 bits per heavy atom. The van der Waals surface area contributed by atoms with Crippen molar-refractivity contribution in [3.8, 4) is 0 Å². The standard InChI is InChI=1S/C12H11ClFNS/c13-10-6-7-16-11(10)12(14,8-15)9-4-2-1-3-5-9/h1-7H,8,15H2. The van der Waals surface area contributed by atoms with Crippen LogP contribution in [0.15, 0.2) is 41.8 Å². The molecule has 4 heteroatoms. The Bertz CT molecular complexity index is 471. The monoisotopic (exact) mass is 255 g/mol. The zero-order valence-electron chi connectivity index (χ0n) is 8.49. The van der Waals surface area contributed by atoms with E-state index in [2.05, 4.69) is 0 Å². The van der Waals surface area contributed by atoms with Crippen molar-refractivity contribution >= 4 is 22.9 Å². The molecule has 0 bridgehead atoms. The minimum Gasteiger partial charge on any atom is -0.327 e. The maximum Gasteiger partial charge on any atom is 0.183 e. The van der Waals surface area contributed by atoms with E-state index in [1.165, 1.54) is 11.3 Å². The van der Waals surface area contributed by atoms with E-state index in [0.717, 1.165) is 0 Å². The van der Waals surface area contributed by atoms with Gasteiger partial charge in [-0.15, -0.1) is 11.3 Å². The van der Waals surface area contributed by atoms with Crippen molar-refractivity contribution < 1.29 is 4.39 Å². The normalized spacial score (nSPS) is 14.7. The smallest absolute Gasteiger partial charge is 0.183 e. The van der Waals surface area contributed by atoms with E-state index in [9.17, 15) is 4.39 Å². The second-order valence-corrected chi connectivity index (χ2v) is 4.79. The highest BCUT2D eigenvalue weighted by molar-refractivity contribution is 7.10. The summed E-state index contributed by atoms with van der Waals surface area (Å²) in [6.45, 7) is -0.114. The molecule has 1 aromatic heterocycles. The first-order valence-electron chi connectivity index (χ1n) is 4.86. The Morgan fingerprint density at radius 3 is 2.44 bits per heavy atom. The fourth-order valence-electron chi connectivity index (χ4n) is 1.62. The van der Waals surface area contributed by atoms with Crippen molar-refractivity contribution in [3.05, 3.63) is 57.2 Å². The van der Waals surface area contributed by atoms with Crippen LogP contribution in [0.3, 0.4) is 0 Å².